The first-order valence-corrected chi connectivity index (χ1v) is 26.9. The number of hydrogen-bond donors (Lipinski definition) is 0. The quantitative estimate of drug-likeness (QED) is 0.162. The minimum absolute atomic E-state index is 0.0234. The summed E-state index contributed by atoms with van der Waals surface area (Å²) >= 11 is 0. The first-order chi connectivity index (χ1) is 29.2. The molecule has 1 unspecified atom stereocenters. The van der Waals surface area contributed by atoms with E-state index < -0.39 is 8.80 Å². The zero-order valence-electron chi connectivity index (χ0n) is 41.8. The van der Waals surface area contributed by atoms with Gasteiger partial charge in [-0.1, -0.05) is 140 Å². The van der Waals surface area contributed by atoms with Gasteiger partial charge in [0.2, 0.25) is 0 Å². The minimum atomic E-state index is -0.891. The summed E-state index contributed by atoms with van der Waals surface area (Å²) in [6.45, 7) is 41.9. The molecule has 4 aromatic carbocycles. The molecule has 11 rings (SSSR count). The van der Waals surface area contributed by atoms with Crippen molar-refractivity contribution in [3.8, 4) is 0 Å². The van der Waals surface area contributed by atoms with Gasteiger partial charge in [-0.05, 0) is 152 Å². The number of benzene rings is 4. The molecule has 0 bridgehead atoms. The van der Waals surface area contributed by atoms with E-state index in [4.69, 9.17) is 4.42 Å². The third-order valence-corrected chi connectivity index (χ3v) is 19.3. The van der Waals surface area contributed by atoms with Gasteiger partial charge >= 0.3 is 0 Å². The molecule has 1 atom stereocenters. The van der Waals surface area contributed by atoms with Crippen molar-refractivity contribution >= 4 is 71.4 Å². The minimum Gasteiger partial charge on any atom is -0.472 e. The Kier molecular flexibility index (Phi) is 8.26. The monoisotopic (exact) mass is 852 g/mol. The fourth-order valence-corrected chi connectivity index (χ4v) is 14.7. The molecule has 327 valence electrons. The van der Waals surface area contributed by atoms with Gasteiger partial charge in [0.05, 0.1) is 25.8 Å². The molecule has 0 saturated heterocycles. The van der Waals surface area contributed by atoms with Gasteiger partial charge < -0.3 is 14.2 Å². The van der Waals surface area contributed by atoms with Gasteiger partial charge in [-0.25, -0.2) is 0 Å². The van der Waals surface area contributed by atoms with E-state index in [0.717, 1.165) is 24.9 Å². The highest BCUT2D eigenvalue weighted by Gasteiger charge is 2.57. The number of rotatable bonds is 2. The van der Waals surface area contributed by atoms with Crippen LogP contribution in [0.5, 0.6) is 0 Å². The molecule has 3 nitrogen and oxygen atoms in total. The number of anilines is 6. The average molecular weight is 852 g/mol. The highest BCUT2D eigenvalue weighted by Crippen LogP contribution is 2.63. The third-order valence-electron chi connectivity index (χ3n) is 17.8. The van der Waals surface area contributed by atoms with Crippen LogP contribution in [0.2, 0.25) is 13.1 Å². The van der Waals surface area contributed by atoms with E-state index >= 15 is 0 Å². The highest BCUT2D eigenvalue weighted by molar-refractivity contribution is 6.99. The molecule has 5 aromatic rings. The number of furan rings is 1. The summed E-state index contributed by atoms with van der Waals surface area (Å²) in [5.41, 5.74) is 24.1. The maximum Gasteiger partial charge on any atom is 0.297 e. The van der Waals surface area contributed by atoms with E-state index in [1.807, 2.05) is 0 Å². The first kappa shape index (κ1) is 41.7. The normalized spacial score (nSPS) is 23.4. The van der Waals surface area contributed by atoms with Crippen LogP contribution in [0.3, 0.4) is 0 Å². The molecule has 3 aliphatic carbocycles. The molecule has 0 amide bonds. The summed E-state index contributed by atoms with van der Waals surface area (Å²) in [5.74, 6) is 1.20. The smallest absolute Gasteiger partial charge is 0.297 e. The first-order valence-electron chi connectivity index (χ1n) is 24.4. The maximum atomic E-state index is 7.78. The van der Waals surface area contributed by atoms with Crippen LogP contribution >= 0.6 is 0 Å². The molecule has 0 saturated carbocycles. The van der Waals surface area contributed by atoms with E-state index in [1.165, 1.54) is 103 Å². The fraction of sp³-hybridized carbons (Fsp3) is 0.517. The summed E-state index contributed by atoms with van der Waals surface area (Å²) in [4.78, 5) is 5.54. The summed E-state index contributed by atoms with van der Waals surface area (Å²) in [5, 5.41) is 1.50. The van der Waals surface area contributed by atoms with Gasteiger partial charge in [0.25, 0.3) is 6.71 Å². The van der Waals surface area contributed by atoms with Gasteiger partial charge in [0, 0.05) is 39.1 Å². The second-order valence-electron chi connectivity index (χ2n) is 25.9. The van der Waals surface area contributed by atoms with Crippen LogP contribution in [0.25, 0.3) is 0 Å². The molecule has 1 radical (unpaired) electrons. The van der Waals surface area contributed by atoms with Crippen LogP contribution in [0, 0.1) is 6.92 Å². The van der Waals surface area contributed by atoms with E-state index in [2.05, 4.69) is 181 Å². The largest absolute Gasteiger partial charge is 0.472 e. The fourth-order valence-electron chi connectivity index (χ4n) is 13.5. The van der Waals surface area contributed by atoms with Crippen LogP contribution in [0.1, 0.15) is 186 Å². The number of nitrogens with zero attached hydrogens (tertiary/aromatic N) is 2. The number of aryl methyl sites for hydroxylation is 1. The summed E-state index contributed by atoms with van der Waals surface area (Å²) in [6, 6.07) is 23.1. The molecule has 0 fully saturated rings. The van der Waals surface area contributed by atoms with Crippen molar-refractivity contribution in [2.24, 2.45) is 0 Å². The van der Waals surface area contributed by atoms with Crippen LogP contribution in [-0.2, 0) is 37.9 Å². The molecule has 63 heavy (non-hydrogen) atoms. The molecule has 1 aromatic heterocycles. The van der Waals surface area contributed by atoms with Crippen LogP contribution < -0.4 is 31.6 Å². The van der Waals surface area contributed by atoms with E-state index in [-0.39, 0.29) is 44.6 Å². The maximum absolute atomic E-state index is 7.78. The van der Waals surface area contributed by atoms with Crippen molar-refractivity contribution in [2.75, 3.05) is 9.80 Å². The van der Waals surface area contributed by atoms with Gasteiger partial charge in [0.1, 0.15) is 5.76 Å². The molecule has 0 spiro atoms. The lowest BCUT2D eigenvalue weighted by molar-refractivity contribution is 0.282. The Labute approximate surface area is 382 Å². The lowest BCUT2D eigenvalue weighted by atomic mass is 9.34. The van der Waals surface area contributed by atoms with Crippen molar-refractivity contribution in [2.45, 2.75) is 193 Å². The number of hydrogen-bond acceptors (Lipinski definition) is 3. The Balaban J connectivity index is 1.30. The molecule has 4 heterocycles. The van der Waals surface area contributed by atoms with Crippen molar-refractivity contribution in [3.05, 3.63) is 105 Å². The van der Waals surface area contributed by atoms with Crippen molar-refractivity contribution < 1.29 is 4.42 Å². The summed E-state index contributed by atoms with van der Waals surface area (Å²) in [6.07, 6.45) is 6.98. The van der Waals surface area contributed by atoms with E-state index in [1.54, 1.807) is 16.7 Å². The van der Waals surface area contributed by atoms with Crippen molar-refractivity contribution in [1.29, 1.82) is 0 Å². The van der Waals surface area contributed by atoms with Crippen molar-refractivity contribution in [1.82, 2.24) is 0 Å². The summed E-state index contributed by atoms with van der Waals surface area (Å²) in [7, 11) is -0.891. The lowest BCUT2D eigenvalue weighted by Crippen LogP contribution is -2.63. The molecule has 0 N–H and O–H groups in total. The van der Waals surface area contributed by atoms with Crippen LogP contribution in [-0.4, -0.2) is 15.5 Å². The molecule has 3 aliphatic heterocycles. The van der Waals surface area contributed by atoms with Crippen molar-refractivity contribution in [3.63, 3.8) is 0 Å². The standard InChI is InChI=1S/C58H72BN2OSi/c1-33-28-42-47-43(29-33)61-41-32-37-36(54(7,8)22-23-55(37,9)10)31-38(41)58(15)27-26-53(5,6)35-19-20-39(48(61)45(35)58)59(47)51-49(46-50(62-51)57(13,14)25-24-56(46,11)12)60(42)40-21-18-34(52(2,3)4)30-44(40)63(16)17/h18-21,28-32H,22-27H2,1-17H3. The predicted molar refractivity (Wildman–Crippen MR) is 273 cm³/mol. The Morgan fingerprint density at radius 3 is 1.76 bits per heavy atom. The average Bonchev–Trinajstić information content (AvgIpc) is 3.62. The molecule has 6 aliphatic rings. The second kappa shape index (κ2) is 12.5. The van der Waals surface area contributed by atoms with Gasteiger partial charge in [-0.3, -0.25) is 0 Å². The van der Waals surface area contributed by atoms with Crippen LogP contribution in [0.15, 0.2) is 59.0 Å². The topological polar surface area (TPSA) is 19.6 Å². The van der Waals surface area contributed by atoms with Crippen LogP contribution in [0.4, 0.5) is 34.1 Å². The Hall–Kier alpha value is -3.96. The molecular formula is C58H72BN2OSi. The summed E-state index contributed by atoms with van der Waals surface area (Å²) < 4.78 is 7.78. The molecule has 5 heteroatoms. The highest BCUT2D eigenvalue weighted by atomic mass is 28.3. The lowest BCUT2D eigenvalue weighted by Gasteiger charge is -2.55. The van der Waals surface area contributed by atoms with E-state index in [9.17, 15) is 0 Å². The predicted octanol–water partition coefficient (Wildman–Crippen LogP) is 13.3. The Bertz CT molecular complexity index is 2840. The second-order valence-corrected chi connectivity index (χ2v) is 28.5. The Morgan fingerprint density at radius 1 is 0.556 bits per heavy atom. The van der Waals surface area contributed by atoms with Gasteiger partial charge in [-0.2, -0.15) is 0 Å². The SMILES string of the molecule is Cc1cc2c3c(c1)N1c4cc5c(cc4C4(C)CCC(C)(C)c6ccc(c1c64)B3c1oc3c(c1N2c1ccc(C(C)(C)C)cc1[Si](C)C)C(C)(C)CCC3(C)C)C(C)(C)CCC5(C)C. The molecular weight excluding hydrogens is 780 g/mol. The third kappa shape index (κ3) is 5.44. The zero-order valence-corrected chi connectivity index (χ0v) is 42.8. The zero-order chi connectivity index (χ0) is 45.1. The van der Waals surface area contributed by atoms with Gasteiger partial charge in [0.15, 0.2) is 0 Å². The Morgan fingerprint density at radius 2 is 1.13 bits per heavy atom. The number of fused-ring (bicyclic) bond motifs is 10. The van der Waals surface area contributed by atoms with Gasteiger partial charge in [-0.15, -0.1) is 0 Å². The van der Waals surface area contributed by atoms with E-state index in [0.29, 0.717) is 0 Å².